The third kappa shape index (κ3) is 4.01. The molecule has 1 amide bonds. The maximum Gasteiger partial charge on any atom is 0.226 e. The number of hydrogen-bond acceptors (Lipinski definition) is 3. The molecule has 0 saturated carbocycles. The molecule has 0 radical (unpaired) electrons. The maximum atomic E-state index is 12.1. The Balaban J connectivity index is 1.57. The zero-order valence-electron chi connectivity index (χ0n) is 14.3. The average Bonchev–Trinajstić information content (AvgIpc) is 2.94. The Kier molecular flexibility index (Phi) is 4.67. The van der Waals surface area contributed by atoms with Crippen LogP contribution in [0.5, 0.6) is 0 Å². The van der Waals surface area contributed by atoms with Crippen molar-refractivity contribution >= 4 is 32.6 Å². The lowest BCUT2D eigenvalue weighted by Gasteiger charge is -2.19. The van der Waals surface area contributed by atoms with Crippen LogP contribution in [0.2, 0.25) is 0 Å². The number of anilines is 1. The summed E-state index contributed by atoms with van der Waals surface area (Å²) < 4.78 is 1.09. The summed E-state index contributed by atoms with van der Waals surface area (Å²) in [4.78, 5) is 16.6. The van der Waals surface area contributed by atoms with E-state index in [9.17, 15) is 4.79 Å². The van der Waals surface area contributed by atoms with E-state index in [0.717, 1.165) is 16.6 Å². The third-order valence-electron chi connectivity index (χ3n) is 4.00. The average molecular weight is 338 g/mol. The lowest BCUT2D eigenvalue weighted by molar-refractivity contribution is -0.116. The van der Waals surface area contributed by atoms with Crippen LogP contribution < -0.4 is 5.32 Å². The van der Waals surface area contributed by atoms with Crippen LogP contribution in [0.25, 0.3) is 10.2 Å². The Morgan fingerprint density at radius 1 is 1.08 bits per heavy atom. The van der Waals surface area contributed by atoms with Crippen molar-refractivity contribution in [3.05, 3.63) is 59.7 Å². The van der Waals surface area contributed by atoms with Crippen LogP contribution in [-0.2, 0) is 16.6 Å². The summed E-state index contributed by atoms with van der Waals surface area (Å²) >= 11 is 1.51. The van der Waals surface area contributed by atoms with E-state index in [4.69, 9.17) is 0 Å². The number of benzene rings is 2. The smallest absolute Gasteiger partial charge is 0.226 e. The highest BCUT2D eigenvalue weighted by Gasteiger charge is 2.13. The number of carbonyl (C=O) groups is 1. The molecule has 1 aromatic heterocycles. The molecule has 0 saturated heterocycles. The topological polar surface area (TPSA) is 42.0 Å². The molecular weight excluding hydrogens is 316 g/mol. The Hall–Kier alpha value is -2.20. The highest BCUT2D eigenvalue weighted by atomic mass is 32.1. The molecule has 0 unspecified atom stereocenters. The zero-order chi connectivity index (χ0) is 17.2. The van der Waals surface area contributed by atoms with Gasteiger partial charge in [0.2, 0.25) is 5.91 Å². The van der Waals surface area contributed by atoms with Gasteiger partial charge >= 0.3 is 0 Å². The predicted molar refractivity (Wildman–Crippen MR) is 102 cm³/mol. The van der Waals surface area contributed by atoms with Gasteiger partial charge in [-0.05, 0) is 35.1 Å². The zero-order valence-corrected chi connectivity index (χ0v) is 15.1. The van der Waals surface area contributed by atoms with E-state index < -0.39 is 0 Å². The van der Waals surface area contributed by atoms with Crippen LogP contribution in [-0.4, -0.2) is 10.9 Å². The summed E-state index contributed by atoms with van der Waals surface area (Å²) in [5.74, 6) is 0.00829. The number of rotatable bonds is 4. The number of aryl methyl sites for hydroxylation is 1. The van der Waals surface area contributed by atoms with Crippen molar-refractivity contribution < 1.29 is 4.79 Å². The van der Waals surface area contributed by atoms with Gasteiger partial charge in [-0.2, -0.15) is 0 Å². The number of fused-ring (bicyclic) bond motifs is 1. The molecule has 0 bridgehead atoms. The molecule has 0 atom stereocenters. The predicted octanol–water partition coefficient (Wildman–Crippen LogP) is 5.17. The molecule has 3 aromatic rings. The number of amides is 1. The second-order valence-electron chi connectivity index (χ2n) is 6.98. The van der Waals surface area contributed by atoms with Gasteiger partial charge in [0.1, 0.15) is 0 Å². The first kappa shape index (κ1) is 16.7. The number of thiazole rings is 1. The van der Waals surface area contributed by atoms with Crippen LogP contribution >= 0.6 is 11.3 Å². The highest BCUT2D eigenvalue weighted by Crippen LogP contribution is 2.26. The number of para-hydroxylation sites is 1. The molecule has 4 heteroatoms. The molecule has 0 aliphatic rings. The van der Waals surface area contributed by atoms with Gasteiger partial charge in [-0.25, -0.2) is 4.98 Å². The van der Waals surface area contributed by atoms with Crippen molar-refractivity contribution in [3.63, 3.8) is 0 Å². The Morgan fingerprint density at radius 3 is 2.46 bits per heavy atom. The lowest BCUT2D eigenvalue weighted by Crippen LogP contribution is -2.13. The van der Waals surface area contributed by atoms with Crippen molar-refractivity contribution in [2.24, 2.45) is 0 Å². The van der Waals surface area contributed by atoms with Crippen LogP contribution in [0, 0.1) is 0 Å². The van der Waals surface area contributed by atoms with E-state index in [2.05, 4.69) is 55.3 Å². The van der Waals surface area contributed by atoms with Gasteiger partial charge in [-0.3, -0.25) is 4.79 Å². The van der Waals surface area contributed by atoms with E-state index in [0.29, 0.717) is 11.6 Å². The minimum absolute atomic E-state index is 0.00829. The molecule has 24 heavy (non-hydrogen) atoms. The monoisotopic (exact) mass is 338 g/mol. The number of hydrogen-bond donors (Lipinski definition) is 1. The largest absolute Gasteiger partial charge is 0.302 e. The first-order valence-corrected chi connectivity index (χ1v) is 8.98. The molecule has 0 fully saturated rings. The van der Waals surface area contributed by atoms with E-state index in [1.165, 1.54) is 22.5 Å². The molecule has 0 spiro atoms. The SMILES string of the molecule is CC(C)(C)c1ccc(CCC(=O)Nc2nc3ccccc3s2)cc1. The maximum absolute atomic E-state index is 12.1. The highest BCUT2D eigenvalue weighted by molar-refractivity contribution is 7.22. The van der Waals surface area contributed by atoms with Crippen molar-refractivity contribution in [1.29, 1.82) is 0 Å². The Morgan fingerprint density at radius 2 is 1.79 bits per heavy atom. The van der Waals surface area contributed by atoms with Crippen LogP contribution in [0.3, 0.4) is 0 Å². The molecule has 124 valence electrons. The van der Waals surface area contributed by atoms with Crippen molar-refractivity contribution in [1.82, 2.24) is 4.98 Å². The van der Waals surface area contributed by atoms with Gasteiger partial charge in [0.15, 0.2) is 5.13 Å². The minimum Gasteiger partial charge on any atom is -0.302 e. The van der Waals surface area contributed by atoms with Gasteiger partial charge in [-0.15, -0.1) is 0 Å². The number of carbonyl (C=O) groups excluding carboxylic acids is 1. The van der Waals surface area contributed by atoms with Crippen molar-refractivity contribution in [2.75, 3.05) is 5.32 Å². The van der Waals surface area contributed by atoms with Gasteiger partial charge in [0, 0.05) is 6.42 Å². The molecule has 2 aromatic carbocycles. The van der Waals surface area contributed by atoms with Crippen molar-refractivity contribution in [2.45, 2.75) is 39.0 Å². The number of nitrogens with zero attached hydrogens (tertiary/aromatic N) is 1. The molecule has 1 heterocycles. The minimum atomic E-state index is 0.00829. The standard InChI is InChI=1S/C20H22N2OS/c1-20(2,3)15-11-8-14(9-12-15)10-13-18(23)22-19-21-16-6-4-5-7-17(16)24-19/h4-9,11-12H,10,13H2,1-3H3,(H,21,22,23). The van der Waals surface area contributed by atoms with E-state index in [1.54, 1.807) is 0 Å². The summed E-state index contributed by atoms with van der Waals surface area (Å²) in [6.45, 7) is 6.61. The molecule has 1 N–H and O–H groups in total. The Labute approximate surface area is 146 Å². The fourth-order valence-electron chi connectivity index (χ4n) is 2.54. The first-order valence-electron chi connectivity index (χ1n) is 8.17. The molecular formula is C20H22N2OS. The summed E-state index contributed by atoms with van der Waals surface area (Å²) in [5, 5.41) is 3.58. The van der Waals surface area contributed by atoms with Gasteiger partial charge in [0.25, 0.3) is 0 Å². The van der Waals surface area contributed by atoms with Gasteiger partial charge in [0.05, 0.1) is 10.2 Å². The van der Waals surface area contributed by atoms with Crippen LogP contribution in [0.15, 0.2) is 48.5 Å². The second kappa shape index (κ2) is 6.73. The lowest BCUT2D eigenvalue weighted by atomic mass is 9.86. The first-order chi connectivity index (χ1) is 11.4. The number of aromatic nitrogens is 1. The summed E-state index contributed by atoms with van der Waals surface area (Å²) in [5.41, 5.74) is 3.58. The summed E-state index contributed by atoms with van der Waals surface area (Å²) in [6, 6.07) is 16.4. The molecule has 0 aliphatic carbocycles. The molecule has 0 aliphatic heterocycles. The summed E-state index contributed by atoms with van der Waals surface area (Å²) in [7, 11) is 0. The second-order valence-corrected chi connectivity index (χ2v) is 8.01. The fourth-order valence-corrected chi connectivity index (χ4v) is 3.42. The normalized spacial score (nSPS) is 11.6. The van der Waals surface area contributed by atoms with Crippen LogP contribution in [0.4, 0.5) is 5.13 Å². The van der Waals surface area contributed by atoms with E-state index >= 15 is 0 Å². The third-order valence-corrected chi connectivity index (χ3v) is 4.95. The summed E-state index contributed by atoms with van der Waals surface area (Å²) in [6.07, 6.45) is 1.20. The van der Waals surface area contributed by atoms with Crippen LogP contribution in [0.1, 0.15) is 38.3 Å². The Bertz CT molecular complexity index is 811. The van der Waals surface area contributed by atoms with E-state index in [-0.39, 0.29) is 11.3 Å². The molecule has 3 nitrogen and oxygen atoms in total. The van der Waals surface area contributed by atoms with Crippen molar-refractivity contribution in [3.8, 4) is 0 Å². The van der Waals surface area contributed by atoms with E-state index in [1.807, 2.05) is 24.3 Å². The fraction of sp³-hybridized carbons (Fsp3) is 0.300. The quantitative estimate of drug-likeness (QED) is 0.713. The number of nitrogens with one attached hydrogen (secondary N) is 1. The van der Waals surface area contributed by atoms with Gasteiger partial charge in [-0.1, -0.05) is 68.5 Å². The van der Waals surface area contributed by atoms with Gasteiger partial charge < -0.3 is 5.32 Å². The molecule has 3 rings (SSSR count).